The molecule has 0 radical (unpaired) electrons. The zero-order valence-corrected chi connectivity index (χ0v) is 10.2. The summed E-state index contributed by atoms with van der Waals surface area (Å²) < 4.78 is 0. The molecule has 3 nitrogen and oxygen atoms in total. The first-order valence-corrected chi connectivity index (χ1v) is 5.46. The van der Waals surface area contributed by atoms with E-state index < -0.39 is 0 Å². The molecule has 0 aliphatic rings. The molecule has 0 atom stereocenters. The van der Waals surface area contributed by atoms with Crippen LogP contribution in [-0.2, 0) is 5.41 Å². The van der Waals surface area contributed by atoms with Gasteiger partial charge >= 0.3 is 0 Å². The van der Waals surface area contributed by atoms with Crippen molar-refractivity contribution in [2.75, 3.05) is 0 Å². The zero-order chi connectivity index (χ0) is 11.9. The molecule has 16 heavy (non-hydrogen) atoms. The number of hydrogen-bond acceptors (Lipinski definition) is 2. The van der Waals surface area contributed by atoms with Gasteiger partial charge in [0.1, 0.15) is 5.82 Å². The molecule has 0 aliphatic heterocycles. The van der Waals surface area contributed by atoms with Gasteiger partial charge in [-0.2, -0.15) is 0 Å². The molecule has 0 saturated heterocycles. The maximum absolute atomic E-state index is 11.8. The number of H-pyrrole nitrogens is 1. The van der Waals surface area contributed by atoms with E-state index >= 15 is 0 Å². The summed E-state index contributed by atoms with van der Waals surface area (Å²) in [5.74, 6) is 0.687. The Morgan fingerprint density at radius 2 is 2.00 bits per heavy atom. The van der Waals surface area contributed by atoms with Crippen LogP contribution in [0.15, 0.2) is 23.0 Å². The minimum atomic E-state index is -0.174. The van der Waals surface area contributed by atoms with Gasteiger partial charge in [0.05, 0.1) is 10.9 Å². The van der Waals surface area contributed by atoms with Gasteiger partial charge in [-0.15, -0.1) is 0 Å². The second kappa shape index (κ2) is 3.59. The first-order valence-electron chi connectivity index (χ1n) is 5.08. The highest BCUT2D eigenvalue weighted by Crippen LogP contribution is 2.20. The summed E-state index contributed by atoms with van der Waals surface area (Å²) in [7, 11) is 0. The number of nitrogens with zero attached hydrogens (tertiary/aromatic N) is 1. The van der Waals surface area contributed by atoms with Crippen LogP contribution in [0.5, 0.6) is 0 Å². The Morgan fingerprint density at radius 1 is 1.31 bits per heavy atom. The van der Waals surface area contributed by atoms with Gasteiger partial charge in [-0.1, -0.05) is 32.4 Å². The van der Waals surface area contributed by atoms with Crippen molar-refractivity contribution in [3.05, 3.63) is 39.4 Å². The smallest absolute Gasteiger partial charge is 0.258 e. The standard InChI is InChI=1S/C12H13ClN2O/c1-12(2,3)11-14-9-5-4-7(13)6-8(9)10(16)15-11/h4-6H,1-3H3,(H,14,15,16). The van der Waals surface area contributed by atoms with Crippen LogP contribution in [0.3, 0.4) is 0 Å². The average molecular weight is 237 g/mol. The number of halogens is 1. The van der Waals surface area contributed by atoms with Crippen LogP contribution < -0.4 is 5.56 Å². The highest BCUT2D eigenvalue weighted by atomic mass is 35.5. The topological polar surface area (TPSA) is 45.8 Å². The quantitative estimate of drug-likeness (QED) is 0.765. The zero-order valence-electron chi connectivity index (χ0n) is 9.47. The second-order valence-corrected chi connectivity index (χ2v) is 5.26. The monoisotopic (exact) mass is 236 g/mol. The van der Waals surface area contributed by atoms with E-state index in [9.17, 15) is 4.79 Å². The Morgan fingerprint density at radius 3 is 2.62 bits per heavy atom. The number of rotatable bonds is 0. The minimum Gasteiger partial charge on any atom is -0.310 e. The lowest BCUT2D eigenvalue weighted by molar-refractivity contribution is 0.546. The molecule has 2 rings (SSSR count). The lowest BCUT2D eigenvalue weighted by Crippen LogP contribution is -2.22. The van der Waals surface area contributed by atoms with Crippen LogP contribution in [0.1, 0.15) is 26.6 Å². The van der Waals surface area contributed by atoms with E-state index in [1.165, 1.54) is 0 Å². The number of aromatic nitrogens is 2. The van der Waals surface area contributed by atoms with Crippen molar-refractivity contribution in [3.8, 4) is 0 Å². The van der Waals surface area contributed by atoms with E-state index in [-0.39, 0.29) is 11.0 Å². The Balaban J connectivity index is 2.79. The Hall–Kier alpha value is -1.35. The van der Waals surface area contributed by atoms with Crippen molar-refractivity contribution in [2.45, 2.75) is 26.2 Å². The lowest BCUT2D eigenvalue weighted by Gasteiger charge is -2.17. The normalized spacial score (nSPS) is 12.0. The molecule has 4 heteroatoms. The summed E-state index contributed by atoms with van der Waals surface area (Å²) >= 11 is 5.84. The largest absolute Gasteiger partial charge is 0.310 e. The van der Waals surface area contributed by atoms with Gasteiger partial charge in [0.15, 0.2) is 0 Å². The summed E-state index contributed by atoms with van der Waals surface area (Å²) in [6, 6.07) is 5.14. The third-order valence-electron chi connectivity index (χ3n) is 2.38. The molecular formula is C12H13ClN2O. The van der Waals surface area contributed by atoms with E-state index in [0.717, 1.165) is 0 Å². The van der Waals surface area contributed by atoms with Crippen LogP contribution in [0.2, 0.25) is 5.02 Å². The second-order valence-electron chi connectivity index (χ2n) is 4.83. The predicted molar refractivity (Wildman–Crippen MR) is 66.1 cm³/mol. The average Bonchev–Trinajstić information content (AvgIpc) is 2.17. The van der Waals surface area contributed by atoms with Crippen LogP contribution in [0.4, 0.5) is 0 Å². The SMILES string of the molecule is CC(C)(C)c1nc2ccc(Cl)cc2c(=O)[nH]1. The van der Waals surface area contributed by atoms with Crippen molar-refractivity contribution in [1.29, 1.82) is 0 Å². The molecule has 2 aromatic rings. The number of benzene rings is 1. The van der Waals surface area contributed by atoms with Gasteiger partial charge in [-0.05, 0) is 18.2 Å². The summed E-state index contributed by atoms with van der Waals surface area (Å²) in [6.45, 7) is 6.02. The van der Waals surface area contributed by atoms with Crippen LogP contribution in [0.25, 0.3) is 10.9 Å². The van der Waals surface area contributed by atoms with Crippen molar-refractivity contribution in [1.82, 2.24) is 9.97 Å². The molecule has 0 spiro atoms. The molecule has 1 heterocycles. The summed E-state index contributed by atoms with van der Waals surface area (Å²) in [6.07, 6.45) is 0. The fourth-order valence-corrected chi connectivity index (χ4v) is 1.64. The van der Waals surface area contributed by atoms with Gasteiger partial charge in [-0.25, -0.2) is 4.98 Å². The van der Waals surface area contributed by atoms with Gasteiger partial charge in [0.2, 0.25) is 0 Å². The summed E-state index contributed by atoms with van der Waals surface area (Å²) in [4.78, 5) is 19.1. The first-order chi connectivity index (χ1) is 7.38. The molecule has 1 aromatic carbocycles. The fourth-order valence-electron chi connectivity index (χ4n) is 1.47. The van der Waals surface area contributed by atoms with Crippen LogP contribution in [-0.4, -0.2) is 9.97 Å². The Labute approximate surface area is 98.5 Å². The van der Waals surface area contributed by atoms with Crippen molar-refractivity contribution < 1.29 is 0 Å². The number of fused-ring (bicyclic) bond motifs is 1. The molecule has 0 amide bonds. The van der Waals surface area contributed by atoms with E-state index in [1.807, 2.05) is 20.8 Å². The van der Waals surface area contributed by atoms with E-state index in [2.05, 4.69) is 9.97 Å². The van der Waals surface area contributed by atoms with Gasteiger partial charge in [-0.3, -0.25) is 4.79 Å². The fraction of sp³-hybridized carbons (Fsp3) is 0.333. The van der Waals surface area contributed by atoms with E-state index in [1.54, 1.807) is 18.2 Å². The van der Waals surface area contributed by atoms with Crippen LogP contribution in [0, 0.1) is 0 Å². The number of nitrogens with one attached hydrogen (secondary N) is 1. The molecule has 1 N–H and O–H groups in total. The highest BCUT2D eigenvalue weighted by Gasteiger charge is 2.17. The predicted octanol–water partition coefficient (Wildman–Crippen LogP) is 2.87. The van der Waals surface area contributed by atoms with Gasteiger partial charge < -0.3 is 4.98 Å². The molecular weight excluding hydrogens is 224 g/mol. The molecule has 1 aromatic heterocycles. The van der Waals surface area contributed by atoms with Crippen LogP contribution >= 0.6 is 11.6 Å². The number of hydrogen-bond donors (Lipinski definition) is 1. The van der Waals surface area contributed by atoms with E-state index in [0.29, 0.717) is 21.7 Å². The Kier molecular flexibility index (Phi) is 2.50. The van der Waals surface area contributed by atoms with Gasteiger partial charge in [0, 0.05) is 10.4 Å². The van der Waals surface area contributed by atoms with E-state index in [4.69, 9.17) is 11.6 Å². The van der Waals surface area contributed by atoms with Gasteiger partial charge in [0.25, 0.3) is 5.56 Å². The third kappa shape index (κ3) is 1.95. The van der Waals surface area contributed by atoms with Crippen molar-refractivity contribution in [2.24, 2.45) is 0 Å². The third-order valence-corrected chi connectivity index (χ3v) is 2.61. The van der Waals surface area contributed by atoms with Crippen molar-refractivity contribution in [3.63, 3.8) is 0 Å². The minimum absolute atomic E-state index is 0.141. The summed E-state index contributed by atoms with van der Waals surface area (Å²) in [5, 5.41) is 1.07. The maximum atomic E-state index is 11.8. The molecule has 84 valence electrons. The molecule has 0 saturated carbocycles. The maximum Gasteiger partial charge on any atom is 0.258 e. The molecule has 0 bridgehead atoms. The summed E-state index contributed by atoms with van der Waals surface area (Å²) in [5.41, 5.74) is 0.364. The number of aromatic amines is 1. The Bertz CT molecular complexity index is 596. The lowest BCUT2D eigenvalue weighted by atomic mass is 9.95. The molecule has 0 fully saturated rings. The molecule has 0 unspecified atom stereocenters. The van der Waals surface area contributed by atoms with Crippen molar-refractivity contribution >= 4 is 22.5 Å². The molecule has 0 aliphatic carbocycles. The first kappa shape index (κ1) is 11.1. The highest BCUT2D eigenvalue weighted by molar-refractivity contribution is 6.31.